The van der Waals surface area contributed by atoms with Gasteiger partial charge in [-0.25, -0.2) is 0 Å². The Bertz CT molecular complexity index is 967. The van der Waals surface area contributed by atoms with Crippen LogP contribution in [0, 0.1) is 0 Å². The van der Waals surface area contributed by atoms with Crippen LogP contribution in [0.15, 0.2) is 60.7 Å². The van der Waals surface area contributed by atoms with Gasteiger partial charge in [-0.3, -0.25) is 9.59 Å². The first-order valence-electron chi connectivity index (χ1n) is 9.65. The molecule has 0 aromatic heterocycles. The number of fused-ring (bicyclic) bond motifs is 1. The van der Waals surface area contributed by atoms with Crippen molar-refractivity contribution in [1.82, 2.24) is 0 Å². The van der Waals surface area contributed by atoms with E-state index < -0.39 is 5.97 Å². The van der Waals surface area contributed by atoms with Crippen molar-refractivity contribution in [3.63, 3.8) is 0 Å². The molecule has 0 saturated heterocycles. The number of hydrogen-bond donors (Lipinski definition) is 1. The van der Waals surface area contributed by atoms with Crippen molar-refractivity contribution in [3.05, 3.63) is 77.4 Å². The van der Waals surface area contributed by atoms with Crippen LogP contribution in [0.1, 0.15) is 30.5 Å². The summed E-state index contributed by atoms with van der Waals surface area (Å²) in [5, 5.41) is 5.02. The third kappa shape index (κ3) is 4.58. The molecule has 1 N–H and O–H groups in total. The van der Waals surface area contributed by atoms with Gasteiger partial charge in [0.25, 0.3) is 5.91 Å². The zero-order valence-electron chi connectivity index (χ0n) is 16.3. The largest absolute Gasteiger partial charge is 0.455 e. The van der Waals surface area contributed by atoms with E-state index in [1.54, 1.807) is 0 Å². The van der Waals surface area contributed by atoms with Crippen LogP contribution >= 0.6 is 0 Å². The molecule has 0 unspecified atom stereocenters. The van der Waals surface area contributed by atoms with Crippen LogP contribution in [0.2, 0.25) is 0 Å². The summed E-state index contributed by atoms with van der Waals surface area (Å²) in [5.74, 6) is -0.729. The number of para-hydroxylation sites is 1. The number of rotatable bonds is 7. The van der Waals surface area contributed by atoms with Gasteiger partial charge in [-0.05, 0) is 40.3 Å². The Morgan fingerprint density at radius 1 is 0.821 bits per heavy atom. The van der Waals surface area contributed by atoms with Crippen molar-refractivity contribution in [2.75, 3.05) is 11.9 Å². The van der Waals surface area contributed by atoms with Gasteiger partial charge in [-0.15, -0.1) is 0 Å². The molecule has 0 bridgehead atoms. The van der Waals surface area contributed by atoms with Crippen molar-refractivity contribution in [1.29, 1.82) is 0 Å². The molecule has 0 spiro atoms. The van der Waals surface area contributed by atoms with Crippen LogP contribution in [-0.4, -0.2) is 18.5 Å². The zero-order valence-corrected chi connectivity index (χ0v) is 16.3. The Kier molecular flexibility index (Phi) is 6.43. The second-order valence-corrected chi connectivity index (χ2v) is 6.68. The first-order chi connectivity index (χ1) is 13.6. The van der Waals surface area contributed by atoms with Gasteiger partial charge < -0.3 is 10.1 Å². The predicted octanol–water partition coefficient (Wildman–Crippen LogP) is 4.69. The Balaban J connectivity index is 1.61. The number of nitrogens with one attached hydrogen (secondary N) is 1. The lowest BCUT2D eigenvalue weighted by atomic mass is 10.0. The van der Waals surface area contributed by atoms with Crippen LogP contribution in [0.3, 0.4) is 0 Å². The van der Waals surface area contributed by atoms with Crippen LogP contribution in [-0.2, 0) is 33.6 Å². The molecule has 144 valence electrons. The summed E-state index contributed by atoms with van der Waals surface area (Å²) >= 11 is 0. The monoisotopic (exact) mass is 375 g/mol. The fraction of sp³-hybridized carbons (Fsp3) is 0.250. The molecule has 0 fully saturated rings. The molecule has 1 amide bonds. The lowest BCUT2D eigenvalue weighted by molar-refractivity contribution is -0.146. The summed E-state index contributed by atoms with van der Waals surface area (Å²) in [6.07, 6.45) is 1.79. The summed E-state index contributed by atoms with van der Waals surface area (Å²) < 4.78 is 5.22. The smallest absolute Gasteiger partial charge is 0.310 e. The van der Waals surface area contributed by atoms with Gasteiger partial charge >= 0.3 is 5.97 Å². The average Bonchev–Trinajstić information content (AvgIpc) is 2.72. The van der Waals surface area contributed by atoms with Gasteiger partial charge in [0.15, 0.2) is 6.61 Å². The minimum Gasteiger partial charge on any atom is -0.455 e. The summed E-state index contributed by atoms with van der Waals surface area (Å²) in [5.41, 5.74) is 3.89. The highest BCUT2D eigenvalue weighted by Crippen LogP contribution is 2.22. The molecule has 4 heteroatoms. The minimum atomic E-state index is -0.411. The van der Waals surface area contributed by atoms with E-state index in [1.165, 1.54) is 0 Å². The maximum Gasteiger partial charge on any atom is 0.310 e. The first kappa shape index (κ1) is 19.6. The SMILES string of the molecule is CCc1cccc(CC)c1NC(=O)COC(=O)Cc1cccc2ccccc12. The number of benzene rings is 3. The Morgan fingerprint density at radius 3 is 2.14 bits per heavy atom. The summed E-state index contributed by atoms with van der Waals surface area (Å²) in [6, 6.07) is 19.7. The molecule has 0 atom stereocenters. The van der Waals surface area contributed by atoms with E-state index in [-0.39, 0.29) is 18.9 Å². The van der Waals surface area contributed by atoms with Crippen molar-refractivity contribution in [2.45, 2.75) is 33.1 Å². The lowest BCUT2D eigenvalue weighted by Crippen LogP contribution is -2.23. The number of carbonyl (C=O) groups excluding carboxylic acids is 2. The molecule has 4 nitrogen and oxygen atoms in total. The normalized spacial score (nSPS) is 10.6. The summed E-state index contributed by atoms with van der Waals surface area (Å²) in [7, 11) is 0. The molecule has 28 heavy (non-hydrogen) atoms. The molecule has 0 aliphatic rings. The van der Waals surface area contributed by atoms with E-state index in [2.05, 4.69) is 19.2 Å². The number of hydrogen-bond acceptors (Lipinski definition) is 3. The van der Waals surface area contributed by atoms with E-state index in [9.17, 15) is 9.59 Å². The first-order valence-corrected chi connectivity index (χ1v) is 9.65. The van der Waals surface area contributed by atoms with E-state index in [0.29, 0.717) is 0 Å². The summed E-state index contributed by atoms with van der Waals surface area (Å²) in [6.45, 7) is 3.81. The Labute approximate surface area is 165 Å². The molecule has 0 heterocycles. The van der Waals surface area contributed by atoms with Crippen molar-refractivity contribution >= 4 is 28.3 Å². The summed E-state index contributed by atoms with van der Waals surface area (Å²) in [4.78, 5) is 24.6. The predicted molar refractivity (Wildman–Crippen MR) is 112 cm³/mol. The fourth-order valence-electron chi connectivity index (χ4n) is 3.38. The Morgan fingerprint density at radius 2 is 1.43 bits per heavy atom. The molecule has 0 radical (unpaired) electrons. The third-order valence-corrected chi connectivity index (χ3v) is 4.84. The van der Waals surface area contributed by atoms with Crippen molar-refractivity contribution < 1.29 is 14.3 Å². The van der Waals surface area contributed by atoms with Gasteiger partial charge in [0.2, 0.25) is 0 Å². The van der Waals surface area contributed by atoms with Gasteiger partial charge in [-0.2, -0.15) is 0 Å². The van der Waals surface area contributed by atoms with Crippen molar-refractivity contribution in [3.8, 4) is 0 Å². The molecular formula is C24H25NO3. The average molecular weight is 375 g/mol. The van der Waals surface area contributed by atoms with Crippen LogP contribution in [0.25, 0.3) is 10.8 Å². The second-order valence-electron chi connectivity index (χ2n) is 6.68. The molecule has 0 aliphatic heterocycles. The van der Waals surface area contributed by atoms with Crippen LogP contribution in [0.5, 0.6) is 0 Å². The van der Waals surface area contributed by atoms with Crippen LogP contribution in [0.4, 0.5) is 5.69 Å². The number of carbonyl (C=O) groups is 2. The number of aryl methyl sites for hydroxylation is 2. The van der Waals surface area contributed by atoms with Gasteiger partial charge in [0.05, 0.1) is 6.42 Å². The molecule has 0 aliphatic carbocycles. The van der Waals surface area contributed by atoms with Crippen LogP contribution < -0.4 is 5.32 Å². The molecule has 3 aromatic rings. The highest BCUT2D eigenvalue weighted by molar-refractivity contribution is 5.95. The zero-order chi connectivity index (χ0) is 19.9. The van der Waals surface area contributed by atoms with E-state index >= 15 is 0 Å². The van der Waals surface area contributed by atoms with Crippen molar-refractivity contribution in [2.24, 2.45) is 0 Å². The number of esters is 1. The van der Waals surface area contributed by atoms with Gasteiger partial charge in [0, 0.05) is 5.69 Å². The standard InChI is InChI=1S/C24H25NO3/c1-3-17-10-7-11-18(4-2)24(17)25-22(26)16-28-23(27)15-20-13-8-12-19-9-5-6-14-21(19)20/h5-14H,3-4,15-16H2,1-2H3,(H,25,26). The molecule has 0 saturated carbocycles. The third-order valence-electron chi connectivity index (χ3n) is 4.84. The number of amides is 1. The van der Waals surface area contributed by atoms with E-state index in [4.69, 9.17) is 4.74 Å². The maximum absolute atomic E-state index is 12.3. The lowest BCUT2D eigenvalue weighted by Gasteiger charge is -2.14. The molecule has 3 rings (SSSR count). The van der Waals surface area contributed by atoms with E-state index in [0.717, 1.165) is 46.0 Å². The van der Waals surface area contributed by atoms with Gasteiger partial charge in [0.1, 0.15) is 0 Å². The van der Waals surface area contributed by atoms with E-state index in [1.807, 2.05) is 60.7 Å². The van der Waals surface area contributed by atoms with Gasteiger partial charge in [-0.1, -0.05) is 74.5 Å². The fourth-order valence-corrected chi connectivity index (χ4v) is 3.38. The number of ether oxygens (including phenoxy) is 1. The molecular weight excluding hydrogens is 350 g/mol. The Hall–Kier alpha value is -3.14. The highest BCUT2D eigenvalue weighted by Gasteiger charge is 2.13. The maximum atomic E-state index is 12.3. The number of anilines is 1. The minimum absolute atomic E-state index is 0.139. The highest BCUT2D eigenvalue weighted by atomic mass is 16.5. The molecule has 3 aromatic carbocycles. The quantitative estimate of drug-likeness (QED) is 0.610. The second kappa shape index (κ2) is 9.18. The topological polar surface area (TPSA) is 55.4 Å².